The summed E-state index contributed by atoms with van der Waals surface area (Å²) < 4.78 is 15.6. The second kappa shape index (κ2) is 8.40. The lowest BCUT2D eigenvalue weighted by Crippen LogP contribution is -2.04. The molecule has 0 radical (unpaired) electrons. The number of hydrogen-bond acceptors (Lipinski definition) is 3. The molecule has 0 atom stereocenters. The number of thioether (sulfide) groups is 1. The van der Waals surface area contributed by atoms with Crippen LogP contribution in [-0.2, 0) is 12.2 Å². The lowest BCUT2D eigenvalue weighted by molar-refractivity contribution is 0.626. The van der Waals surface area contributed by atoms with Gasteiger partial charge in [0.15, 0.2) is 5.16 Å². The molecule has 3 aromatic carbocycles. The van der Waals surface area contributed by atoms with Crippen molar-refractivity contribution in [3.63, 3.8) is 0 Å². The number of aromatic nitrogens is 3. The van der Waals surface area contributed by atoms with Gasteiger partial charge in [0.2, 0.25) is 0 Å². The molecule has 0 aliphatic carbocycles. The van der Waals surface area contributed by atoms with Crippen molar-refractivity contribution in [2.45, 2.75) is 24.3 Å². The Morgan fingerprint density at radius 1 is 0.857 bits per heavy atom. The van der Waals surface area contributed by atoms with E-state index in [0.717, 1.165) is 22.2 Å². The fourth-order valence-electron chi connectivity index (χ4n) is 3.01. The zero-order valence-corrected chi connectivity index (χ0v) is 16.4. The Kier molecular flexibility index (Phi) is 5.53. The summed E-state index contributed by atoms with van der Waals surface area (Å²) in [5.74, 6) is 1.30. The van der Waals surface area contributed by atoms with Crippen molar-refractivity contribution in [1.82, 2.24) is 14.8 Å². The highest BCUT2D eigenvalue weighted by atomic mass is 32.2. The molecule has 0 aliphatic heterocycles. The van der Waals surface area contributed by atoms with Crippen LogP contribution in [0.5, 0.6) is 0 Å². The van der Waals surface area contributed by atoms with Crippen LogP contribution in [0.4, 0.5) is 4.39 Å². The second-order valence-electron chi connectivity index (χ2n) is 6.65. The summed E-state index contributed by atoms with van der Waals surface area (Å²) >= 11 is 1.56. The van der Waals surface area contributed by atoms with Crippen LogP contribution >= 0.6 is 11.8 Å². The monoisotopic (exact) mass is 389 g/mol. The normalized spacial score (nSPS) is 10.9. The topological polar surface area (TPSA) is 30.7 Å². The Morgan fingerprint density at radius 2 is 1.61 bits per heavy atom. The minimum Gasteiger partial charge on any atom is -0.274 e. The van der Waals surface area contributed by atoms with Gasteiger partial charge >= 0.3 is 0 Å². The standard InChI is InChI=1S/C23H20FN3S/c1-17-10-12-21(13-11-17)27-22(15-18-6-3-2-4-7-18)25-26-23(27)28-16-19-8-5-9-20(24)14-19/h2-14H,15-16H2,1H3. The van der Waals surface area contributed by atoms with Crippen LogP contribution < -0.4 is 0 Å². The summed E-state index contributed by atoms with van der Waals surface area (Å²) in [5.41, 5.74) is 4.34. The van der Waals surface area contributed by atoms with Crippen molar-refractivity contribution < 1.29 is 4.39 Å². The Balaban J connectivity index is 1.66. The van der Waals surface area contributed by atoms with Gasteiger partial charge in [-0.3, -0.25) is 4.57 Å². The van der Waals surface area contributed by atoms with Gasteiger partial charge in [-0.25, -0.2) is 4.39 Å². The van der Waals surface area contributed by atoms with Gasteiger partial charge in [-0.2, -0.15) is 0 Å². The summed E-state index contributed by atoms with van der Waals surface area (Å²) in [6.07, 6.45) is 0.697. The first-order valence-corrected chi connectivity index (χ1v) is 10.1. The van der Waals surface area contributed by atoms with E-state index in [2.05, 4.69) is 58.1 Å². The van der Waals surface area contributed by atoms with E-state index in [4.69, 9.17) is 0 Å². The van der Waals surface area contributed by atoms with Crippen molar-refractivity contribution >= 4 is 11.8 Å². The SMILES string of the molecule is Cc1ccc(-n2c(Cc3ccccc3)nnc2SCc2cccc(F)c2)cc1. The molecule has 0 unspecified atom stereocenters. The van der Waals surface area contributed by atoms with Crippen LogP contribution in [0.1, 0.15) is 22.5 Å². The van der Waals surface area contributed by atoms with Crippen LogP contribution in [0.15, 0.2) is 84.0 Å². The number of benzene rings is 3. The molecule has 0 N–H and O–H groups in total. The Bertz CT molecular complexity index is 1060. The molecule has 3 nitrogen and oxygen atoms in total. The molecule has 4 aromatic rings. The molecule has 0 aliphatic rings. The highest BCUT2D eigenvalue weighted by molar-refractivity contribution is 7.98. The Hall–Kier alpha value is -2.92. The quantitative estimate of drug-likeness (QED) is 0.402. The van der Waals surface area contributed by atoms with E-state index in [9.17, 15) is 4.39 Å². The Labute approximate surface area is 168 Å². The third-order valence-corrected chi connectivity index (χ3v) is 5.45. The van der Waals surface area contributed by atoms with Gasteiger partial charge in [0.1, 0.15) is 11.6 Å². The summed E-state index contributed by atoms with van der Waals surface area (Å²) in [4.78, 5) is 0. The minimum atomic E-state index is -0.220. The molecule has 0 spiro atoms. The maximum absolute atomic E-state index is 13.5. The number of nitrogens with zero attached hydrogens (tertiary/aromatic N) is 3. The zero-order chi connectivity index (χ0) is 19.3. The summed E-state index contributed by atoms with van der Waals surface area (Å²) in [6.45, 7) is 2.07. The van der Waals surface area contributed by atoms with Gasteiger partial charge in [0.05, 0.1) is 0 Å². The lowest BCUT2D eigenvalue weighted by atomic mass is 10.1. The van der Waals surface area contributed by atoms with Crippen LogP contribution in [0.2, 0.25) is 0 Å². The summed E-state index contributed by atoms with van der Waals surface area (Å²) in [6, 6.07) is 25.3. The number of aryl methyl sites for hydroxylation is 1. The third kappa shape index (κ3) is 4.31. The van der Waals surface area contributed by atoms with Crippen molar-refractivity contribution in [3.05, 3.63) is 107 Å². The molecule has 1 heterocycles. The predicted molar refractivity (Wildman–Crippen MR) is 111 cm³/mol. The maximum Gasteiger partial charge on any atom is 0.196 e. The zero-order valence-electron chi connectivity index (χ0n) is 15.5. The van der Waals surface area contributed by atoms with Gasteiger partial charge in [-0.05, 0) is 42.3 Å². The average molecular weight is 389 g/mol. The molecule has 28 heavy (non-hydrogen) atoms. The van der Waals surface area contributed by atoms with E-state index in [1.165, 1.54) is 17.2 Å². The molecular weight excluding hydrogens is 369 g/mol. The van der Waals surface area contributed by atoms with Gasteiger partial charge < -0.3 is 0 Å². The molecule has 0 saturated heterocycles. The number of halogens is 1. The van der Waals surface area contributed by atoms with E-state index >= 15 is 0 Å². The third-order valence-electron chi connectivity index (χ3n) is 4.45. The van der Waals surface area contributed by atoms with Crippen molar-refractivity contribution in [2.24, 2.45) is 0 Å². The highest BCUT2D eigenvalue weighted by Gasteiger charge is 2.15. The first kappa shape index (κ1) is 18.4. The molecule has 0 amide bonds. The fraction of sp³-hybridized carbons (Fsp3) is 0.130. The van der Waals surface area contributed by atoms with Gasteiger partial charge in [0.25, 0.3) is 0 Å². The van der Waals surface area contributed by atoms with E-state index in [1.807, 2.05) is 24.3 Å². The van der Waals surface area contributed by atoms with E-state index in [-0.39, 0.29) is 5.82 Å². The van der Waals surface area contributed by atoms with Crippen molar-refractivity contribution in [3.8, 4) is 5.69 Å². The average Bonchev–Trinajstić information content (AvgIpc) is 3.10. The maximum atomic E-state index is 13.5. The predicted octanol–water partition coefficient (Wildman–Crippen LogP) is 5.60. The Morgan fingerprint density at radius 3 is 2.36 bits per heavy atom. The molecule has 4 rings (SSSR count). The van der Waals surface area contributed by atoms with Crippen LogP contribution in [-0.4, -0.2) is 14.8 Å². The van der Waals surface area contributed by atoms with E-state index < -0.39 is 0 Å². The second-order valence-corrected chi connectivity index (χ2v) is 7.59. The van der Waals surface area contributed by atoms with Crippen LogP contribution in [0, 0.1) is 12.7 Å². The van der Waals surface area contributed by atoms with Crippen molar-refractivity contribution in [1.29, 1.82) is 0 Å². The summed E-state index contributed by atoms with van der Waals surface area (Å²) in [7, 11) is 0. The first-order valence-electron chi connectivity index (χ1n) is 9.11. The highest BCUT2D eigenvalue weighted by Crippen LogP contribution is 2.26. The minimum absolute atomic E-state index is 0.220. The largest absolute Gasteiger partial charge is 0.274 e. The molecule has 0 saturated carbocycles. The molecule has 0 bridgehead atoms. The van der Waals surface area contributed by atoms with Gasteiger partial charge in [-0.1, -0.05) is 71.9 Å². The number of rotatable bonds is 6. The first-order chi connectivity index (χ1) is 13.7. The van der Waals surface area contributed by atoms with Crippen molar-refractivity contribution in [2.75, 3.05) is 0 Å². The lowest BCUT2D eigenvalue weighted by Gasteiger charge is -2.11. The number of hydrogen-bond donors (Lipinski definition) is 0. The van der Waals surface area contributed by atoms with Gasteiger partial charge in [0, 0.05) is 17.9 Å². The molecule has 1 aromatic heterocycles. The van der Waals surface area contributed by atoms with Crippen LogP contribution in [0.25, 0.3) is 5.69 Å². The molecule has 5 heteroatoms. The molecule has 0 fully saturated rings. The van der Waals surface area contributed by atoms with E-state index in [1.54, 1.807) is 23.9 Å². The van der Waals surface area contributed by atoms with Gasteiger partial charge in [-0.15, -0.1) is 10.2 Å². The van der Waals surface area contributed by atoms with Crippen LogP contribution in [0.3, 0.4) is 0 Å². The van der Waals surface area contributed by atoms with E-state index in [0.29, 0.717) is 12.2 Å². The fourth-order valence-corrected chi connectivity index (χ4v) is 3.93. The summed E-state index contributed by atoms with van der Waals surface area (Å²) in [5, 5.41) is 9.69. The molecular formula is C23H20FN3S. The molecule has 140 valence electrons. The smallest absolute Gasteiger partial charge is 0.196 e.